The minimum absolute atomic E-state index is 0.171. The molecule has 1 aromatic carbocycles. The van der Waals surface area contributed by atoms with Gasteiger partial charge in [0.05, 0.1) is 11.3 Å². The van der Waals surface area contributed by atoms with E-state index in [1.807, 2.05) is 0 Å². The molecule has 8 nitrogen and oxygen atoms in total. The van der Waals surface area contributed by atoms with E-state index in [-0.39, 0.29) is 12.2 Å². The third-order valence-electron chi connectivity index (χ3n) is 3.64. The number of aromatic amines is 1. The van der Waals surface area contributed by atoms with E-state index in [4.69, 9.17) is 9.26 Å². The van der Waals surface area contributed by atoms with Crippen molar-refractivity contribution >= 4 is 11.9 Å². The lowest BCUT2D eigenvalue weighted by Crippen LogP contribution is -2.13. The van der Waals surface area contributed by atoms with Crippen LogP contribution in [0.15, 0.2) is 28.8 Å². The molecule has 0 aliphatic carbocycles. The van der Waals surface area contributed by atoms with Crippen molar-refractivity contribution in [3.05, 3.63) is 52.7 Å². The van der Waals surface area contributed by atoms with Crippen LogP contribution in [0.1, 0.15) is 33.2 Å². The number of carbonyl (C=O) groups excluding carboxylic acids is 1. The van der Waals surface area contributed by atoms with E-state index in [0.717, 1.165) is 5.56 Å². The number of ether oxygens (including phenoxy) is 1. The minimum atomic E-state index is -4.68. The highest BCUT2D eigenvalue weighted by Gasteiger charge is 2.35. The number of hydrogen-bond donors (Lipinski definition) is 2. The van der Waals surface area contributed by atoms with Crippen LogP contribution in [0.3, 0.4) is 0 Å². The number of aromatic nitrogens is 4. The largest absolute Gasteiger partial charge is 0.489 e. The van der Waals surface area contributed by atoms with Crippen molar-refractivity contribution in [1.29, 1.82) is 0 Å². The second-order valence-electron chi connectivity index (χ2n) is 5.58. The third-order valence-corrected chi connectivity index (χ3v) is 3.64. The molecular weight excluding hydrogens is 367 g/mol. The van der Waals surface area contributed by atoms with Crippen LogP contribution in [0, 0.1) is 13.8 Å². The van der Waals surface area contributed by atoms with Gasteiger partial charge in [0.25, 0.3) is 5.91 Å². The Hall–Kier alpha value is -3.37. The molecule has 0 saturated heterocycles. The van der Waals surface area contributed by atoms with Gasteiger partial charge in [0.1, 0.15) is 18.1 Å². The zero-order valence-electron chi connectivity index (χ0n) is 14.2. The Morgan fingerprint density at radius 1 is 1.33 bits per heavy atom. The van der Waals surface area contributed by atoms with Crippen LogP contribution in [0.5, 0.6) is 5.75 Å². The van der Waals surface area contributed by atoms with Crippen LogP contribution >= 0.6 is 0 Å². The first kappa shape index (κ1) is 18.4. The summed E-state index contributed by atoms with van der Waals surface area (Å²) in [6.45, 7) is 3.74. The maximum Gasteiger partial charge on any atom is 0.451 e. The number of halogens is 3. The van der Waals surface area contributed by atoms with E-state index >= 15 is 0 Å². The van der Waals surface area contributed by atoms with Gasteiger partial charge in [-0.1, -0.05) is 11.2 Å². The third kappa shape index (κ3) is 4.25. The summed E-state index contributed by atoms with van der Waals surface area (Å²) in [7, 11) is 0. The van der Waals surface area contributed by atoms with Crippen LogP contribution in [-0.4, -0.2) is 26.2 Å². The molecule has 0 aliphatic heterocycles. The number of H-pyrrole nitrogens is 1. The summed E-state index contributed by atoms with van der Waals surface area (Å²) in [4.78, 5) is 15.4. The molecule has 3 rings (SSSR count). The van der Waals surface area contributed by atoms with Crippen molar-refractivity contribution in [2.45, 2.75) is 26.6 Å². The summed E-state index contributed by atoms with van der Waals surface area (Å²) in [5, 5.41) is 11.1. The highest BCUT2D eigenvalue weighted by molar-refractivity contribution is 6.03. The van der Waals surface area contributed by atoms with E-state index in [0.29, 0.717) is 17.2 Å². The molecule has 142 valence electrons. The van der Waals surface area contributed by atoms with Gasteiger partial charge in [-0.05, 0) is 32.0 Å². The van der Waals surface area contributed by atoms with Gasteiger partial charge in [0, 0.05) is 5.56 Å². The molecule has 0 bridgehead atoms. The molecule has 0 radical (unpaired) electrons. The zero-order valence-corrected chi connectivity index (χ0v) is 14.2. The number of hydrogen-bond acceptors (Lipinski definition) is 6. The van der Waals surface area contributed by atoms with E-state index in [2.05, 4.69) is 20.6 Å². The number of rotatable bonds is 5. The molecule has 2 heterocycles. The van der Waals surface area contributed by atoms with Crippen LogP contribution in [0.2, 0.25) is 0 Å². The van der Waals surface area contributed by atoms with Gasteiger partial charge >= 0.3 is 6.18 Å². The molecule has 3 aromatic rings. The standard InChI is InChI=1S/C16H14F3N5O3/c1-8-12(9(2)27-24-8)7-26-11-5-3-4-10(6-11)13(25)20-15-21-14(22-23-15)16(17,18)19/h3-6H,7H2,1-2H3,(H2,20,21,22,23,25). The highest BCUT2D eigenvalue weighted by atomic mass is 19.4. The first-order valence-corrected chi connectivity index (χ1v) is 7.69. The van der Waals surface area contributed by atoms with Crippen LogP contribution < -0.4 is 10.1 Å². The lowest BCUT2D eigenvalue weighted by Gasteiger charge is -2.07. The molecule has 2 aromatic heterocycles. The van der Waals surface area contributed by atoms with Gasteiger partial charge < -0.3 is 9.26 Å². The molecule has 27 heavy (non-hydrogen) atoms. The SMILES string of the molecule is Cc1noc(C)c1COc1cccc(C(=O)Nc2n[nH]c(C(F)(F)F)n2)c1. The van der Waals surface area contributed by atoms with E-state index in [1.165, 1.54) is 12.1 Å². The van der Waals surface area contributed by atoms with Crippen molar-refractivity contribution in [3.63, 3.8) is 0 Å². The lowest BCUT2D eigenvalue weighted by atomic mass is 10.2. The van der Waals surface area contributed by atoms with Gasteiger partial charge in [-0.2, -0.15) is 18.2 Å². The molecule has 0 fully saturated rings. The number of anilines is 1. The quantitative estimate of drug-likeness (QED) is 0.703. The second-order valence-corrected chi connectivity index (χ2v) is 5.58. The maximum absolute atomic E-state index is 12.5. The molecule has 0 saturated carbocycles. The number of alkyl halides is 3. The molecule has 0 unspecified atom stereocenters. The van der Waals surface area contributed by atoms with Gasteiger partial charge in [0.15, 0.2) is 0 Å². The average Bonchev–Trinajstić information content (AvgIpc) is 3.20. The molecule has 11 heteroatoms. The lowest BCUT2D eigenvalue weighted by molar-refractivity contribution is -0.144. The first-order valence-electron chi connectivity index (χ1n) is 7.69. The number of nitrogens with one attached hydrogen (secondary N) is 2. The molecule has 2 N–H and O–H groups in total. The fourth-order valence-electron chi connectivity index (χ4n) is 2.21. The number of benzene rings is 1. The zero-order chi connectivity index (χ0) is 19.6. The van der Waals surface area contributed by atoms with Crippen molar-refractivity contribution in [1.82, 2.24) is 20.3 Å². The Balaban J connectivity index is 1.67. The summed E-state index contributed by atoms with van der Waals surface area (Å²) in [5.41, 5.74) is 1.67. The van der Waals surface area contributed by atoms with E-state index < -0.39 is 23.9 Å². The predicted octanol–water partition coefficient (Wildman–Crippen LogP) is 3.26. The van der Waals surface area contributed by atoms with E-state index in [1.54, 1.807) is 31.1 Å². The van der Waals surface area contributed by atoms with Crippen LogP contribution in [0.25, 0.3) is 0 Å². The summed E-state index contributed by atoms with van der Waals surface area (Å²) in [5.74, 6) is -1.42. The highest BCUT2D eigenvalue weighted by Crippen LogP contribution is 2.26. The summed E-state index contributed by atoms with van der Waals surface area (Å²) in [6, 6.07) is 6.15. The maximum atomic E-state index is 12.5. The van der Waals surface area contributed by atoms with Gasteiger partial charge in [0.2, 0.25) is 11.8 Å². The predicted molar refractivity (Wildman–Crippen MR) is 86.1 cm³/mol. The second kappa shape index (κ2) is 7.09. The normalized spacial score (nSPS) is 11.4. The molecule has 0 aliphatic rings. The fraction of sp³-hybridized carbons (Fsp3) is 0.250. The summed E-state index contributed by atoms with van der Waals surface area (Å²) < 4.78 is 48.2. The van der Waals surface area contributed by atoms with Gasteiger partial charge in [-0.15, -0.1) is 5.10 Å². The average molecular weight is 381 g/mol. The number of aryl methyl sites for hydroxylation is 2. The smallest absolute Gasteiger partial charge is 0.451 e. The van der Waals surface area contributed by atoms with Crippen molar-refractivity contribution in [2.24, 2.45) is 0 Å². The number of nitrogens with zero attached hydrogens (tertiary/aromatic N) is 3. The Labute approximate surface area is 150 Å². The van der Waals surface area contributed by atoms with Gasteiger partial charge in [-0.25, -0.2) is 0 Å². The topological polar surface area (TPSA) is 106 Å². The molecule has 0 spiro atoms. The summed E-state index contributed by atoms with van der Waals surface area (Å²) in [6.07, 6.45) is -4.68. The van der Waals surface area contributed by atoms with E-state index in [9.17, 15) is 18.0 Å². The summed E-state index contributed by atoms with van der Waals surface area (Å²) >= 11 is 0. The molecule has 0 atom stereocenters. The first-order chi connectivity index (χ1) is 12.7. The monoisotopic (exact) mass is 381 g/mol. The number of carbonyl (C=O) groups is 1. The number of amides is 1. The Morgan fingerprint density at radius 3 is 2.74 bits per heavy atom. The molecular formula is C16H14F3N5O3. The van der Waals surface area contributed by atoms with Crippen molar-refractivity contribution < 1.29 is 27.2 Å². The fourth-order valence-corrected chi connectivity index (χ4v) is 2.21. The Kier molecular flexibility index (Phi) is 4.84. The van der Waals surface area contributed by atoms with Crippen LogP contribution in [-0.2, 0) is 12.8 Å². The minimum Gasteiger partial charge on any atom is -0.489 e. The molecule has 1 amide bonds. The Morgan fingerprint density at radius 2 is 2.11 bits per heavy atom. The Bertz CT molecular complexity index is 945. The van der Waals surface area contributed by atoms with Crippen LogP contribution in [0.4, 0.5) is 19.1 Å². The van der Waals surface area contributed by atoms with Crippen molar-refractivity contribution in [3.8, 4) is 5.75 Å². The van der Waals surface area contributed by atoms with Crippen molar-refractivity contribution in [2.75, 3.05) is 5.32 Å². The van der Waals surface area contributed by atoms with Gasteiger partial charge in [-0.3, -0.25) is 15.2 Å².